The molecule has 1 aromatic carbocycles. The third-order valence-electron chi connectivity index (χ3n) is 2.93. The number of nitrogens with two attached hydrogens (primary N) is 1. The molecule has 0 saturated heterocycles. The van der Waals surface area contributed by atoms with E-state index < -0.39 is 0 Å². The molecule has 0 fully saturated rings. The minimum absolute atomic E-state index is 0.123. The Labute approximate surface area is 117 Å². The lowest BCUT2D eigenvalue weighted by molar-refractivity contribution is 0.240. The predicted molar refractivity (Wildman–Crippen MR) is 79.9 cm³/mol. The van der Waals surface area contributed by atoms with Crippen LogP contribution in [-0.2, 0) is 6.42 Å². The second-order valence-electron chi connectivity index (χ2n) is 6.31. The van der Waals surface area contributed by atoms with Crippen LogP contribution < -0.4 is 15.2 Å². The molecule has 0 aliphatic carbocycles. The van der Waals surface area contributed by atoms with Crippen molar-refractivity contribution < 1.29 is 9.47 Å². The van der Waals surface area contributed by atoms with Gasteiger partial charge in [0.05, 0.1) is 13.7 Å². The Morgan fingerprint density at radius 3 is 2.47 bits per heavy atom. The molecule has 1 unspecified atom stereocenters. The molecule has 0 aliphatic rings. The van der Waals surface area contributed by atoms with Gasteiger partial charge in [-0.1, -0.05) is 26.8 Å². The van der Waals surface area contributed by atoms with Gasteiger partial charge in [0.25, 0.3) is 0 Å². The van der Waals surface area contributed by atoms with Crippen LogP contribution in [0.15, 0.2) is 18.2 Å². The molecule has 0 aliphatic heterocycles. The maximum Gasteiger partial charge on any atom is 0.126 e. The fourth-order valence-corrected chi connectivity index (χ4v) is 1.78. The molecule has 19 heavy (non-hydrogen) atoms. The molecule has 0 radical (unpaired) electrons. The van der Waals surface area contributed by atoms with E-state index in [2.05, 4.69) is 20.8 Å². The van der Waals surface area contributed by atoms with E-state index in [0.29, 0.717) is 6.61 Å². The lowest BCUT2D eigenvalue weighted by atomic mass is 9.93. The minimum Gasteiger partial charge on any atom is -0.497 e. The fourth-order valence-electron chi connectivity index (χ4n) is 1.78. The topological polar surface area (TPSA) is 44.5 Å². The molecule has 0 spiro atoms. The second kappa shape index (κ2) is 6.80. The summed E-state index contributed by atoms with van der Waals surface area (Å²) < 4.78 is 11.2. The number of rotatable bonds is 6. The van der Waals surface area contributed by atoms with E-state index in [4.69, 9.17) is 15.2 Å². The molecule has 1 rings (SSSR count). The van der Waals surface area contributed by atoms with E-state index in [-0.39, 0.29) is 11.5 Å². The van der Waals surface area contributed by atoms with Gasteiger partial charge < -0.3 is 15.2 Å². The number of hydrogen-bond donors (Lipinski definition) is 1. The standard InChI is InChI=1S/C16H27NO2/c1-12(17)10-13-6-7-14(18-5)11-15(13)19-9-8-16(2,3)4/h6-7,11-12H,8-10,17H2,1-5H3. The number of hydrogen-bond acceptors (Lipinski definition) is 3. The molecule has 3 nitrogen and oxygen atoms in total. The number of benzene rings is 1. The Morgan fingerprint density at radius 1 is 1.26 bits per heavy atom. The minimum atomic E-state index is 0.123. The van der Waals surface area contributed by atoms with E-state index in [1.807, 2.05) is 25.1 Å². The first-order valence-electron chi connectivity index (χ1n) is 6.87. The van der Waals surface area contributed by atoms with Crippen LogP contribution in [0.5, 0.6) is 11.5 Å². The summed E-state index contributed by atoms with van der Waals surface area (Å²) in [6.07, 6.45) is 1.83. The normalized spacial score (nSPS) is 13.2. The summed E-state index contributed by atoms with van der Waals surface area (Å²) in [7, 11) is 1.67. The van der Waals surface area contributed by atoms with Crippen molar-refractivity contribution in [3.63, 3.8) is 0 Å². The van der Waals surface area contributed by atoms with Crippen molar-refractivity contribution in [2.24, 2.45) is 11.1 Å². The van der Waals surface area contributed by atoms with Gasteiger partial charge in [0.15, 0.2) is 0 Å². The third-order valence-corrected chi connectivity index (χ3v) is 2.93. The lowest BCUT2D eigenvalue weighted by Crippen LogP contribution is -2.19. The van der Waals surface area contributed by atoms with Crippen molar-refractivity contribution in [2.45, 2.75) is 46.6 Å². The van der Waals surface area contributed by atoms with Crippen molar-refractivity contribution in [3.05, 3.63) is 23.8 Å². The summed E-state index contributed by atoms with van der Waals surface area (Å²) in [6, 6.07) is 6.06. The number of methoxy groups -OCH3 is 1. The molecule has 0 bridgehead atoms. The van der Waals surface area contributed by atoms with Crippen LogP contribution in [0.1, 0.15) is 39.7 Å². The summed E-state index contributed by atoms with van der Waals surface area (Å²) in [6.45, 7) is 9.35. The quantitative estimate of drug-likeness (QED) is 0.857. The van der Waals surface area contributed by atoms with Crippen LogP contribution in [0.4, 0.5) is 0 Å². The average Bonchev–Trinajstić information content (AvgIpc) is 2.29. The third kappa shape index (κ3) is 5.97. The van der Waals surface area contributed by atoms with Gasteiger partial charge in [0.1, 0.15) is 11.5 Å². The molecule has 0 heterocycles. The first kappa shape index (κ1) is 15.8. The van der Waals surface area contributed by atoms with Gasteiger partial charge in [-0.3, -0.25) is 0 Å². The van der Waals surface area contributed by atoms with E-state index in [9.17, 15) is 0 Å². The van der Waals surface area contributed by atoms with Gasteiger partial charge in [0.2, 0.25) is 0 Å². The molecule has 1 atom stereocenters. The van der Waals surface area contributed by atoms with Gasteiger partial charge in [0, 0.05) is 12.1 Å². The number of ether oxygens (including phenoxy) is 2. The van der Waals surface area contributed by atoms with Crippen molar-refractivity contribution in [1.82, 2.24) is 0 Å². The second-order valence-corrected chi connectivity index (χ2v) is 6.31. The molecule has 1 aromatic rings. The smallest absolute Gasteiger partial charge is 0.126 e. The van der Waals surface area contributed by atoms with E-state index in [1.54, 1.807) is 7.11 Å². The molecule has 2 N–H and O–H groups in total. The first-order valence-corrected chi connectivity index (χ1v) is 6.87. The van der Waals surface area contributed by atoms with Crippen LogP contribution in [0, 0.1) is 5.41 Å². The highest BCUT2D eigenvalue weighted by Crippen LogP contribution is 2.27. The maximum absolute atomic E-state index is 5.92. The van der Waals surface area contributed by atoms with Gasteiger partial charge in [-0.15, -0.1) is 0 Å². The maximum atomic E-state index is 5.92. The summed E-state index contributed by atoms with van der Waals surface area (Å²) in [5, 5.41) is 0. The predicted octanol–water partition coefficient (Wildman–Crippen LogP) is 3.40. The zero-order chi connectivity index (χ0) is 14.5. The van der Waals surface area contributed by atoms with E-state index in [1.165, 1.54) is 0 Å². The van der Waals surface area contributed by atoms with E-state index in [0.717, 1.165) is 29.9 Å². The van der Waals surface area contributed by atoms with Crippen molar-refractivity contribution in [3.8, 4) is 11.5 Å². The molecular formula is C16H27NO2. The van der Waals surface area contributed by atoms with Crippen molar-refractivity contribution in [1.29, 1.82) is 0 Å². The zero-order valence-electron chi connectivity index (χ0n) is 12.8. The Kier molecular flexibility index (Phi) is 5.67. The monoisotopic (exact) mass is 265 g/mol. The van der Waals surface area contributed by atoms with Gasteiger partial charge in [-0.05, 0) is 36.8 Å². The van der Waals surface area contributed by atoms with Crippen LogP contribution in [0.2, 0.25) is 0 Å². The van der Waals surface area contributed by atoms with Gasteiger partial charge in [-0.25, -0.2) is 0 Å². The lowest BCUT2D eigenvalue weighted by Gasteiger charge is -2.20. The Morgan fingerprint density at radius 2 is 1.95 bits per heavy atom. The summed E-state index contributed by atoms with van der Waals surface area (Å²) in [4.78, 5) is 0. The SMILES string of the molecule is COc1ccc(CC(C)N)c(OCCC(C)(C)C)c1. The van der Waals surface area contributed by atoms with E-state index >= 15 is 0 Å². The average molecular weight is 265 g/mol. The highest BCUT2D eigenvalue weighted by molar-refractivity contribution is 5.41. The van der Waals surface area contributed by atoms with Crippen molar-refractivity contribution >= 4 is 0 Å². The zero-order valence-corrected chi connectivity index (χ0v) is 12.8. The van der Waals surface area contributed by atoms with Crippen LogP contribution in [0.25, 0.3) is 0 Å². The van der Waals surface area contributed by atoms with Crippen LogP contribution >= 0.6 is 0 Å². The molecule has 3 heteroatoms. The summed E-state index contributed by atoms with van der Waals surface area (Å²) >= 11 is 0. The van der Waals surface area contributed by atoms with Crippen LogP contribution in [0.3, 0.4) is 0 Å². The summed E-state index contributed by atoms with van der Waals surface area (Å²) in [5.41, 5.74) is 7.30. The molecule has 0 saturated carbocycles. The summed E-state index contributed by atoms with van der Waals surface area (Å²) in [5.74, 6) is 1.71. The molecule has 0 aromatic heterocycles. The molecule has 0 amide bonds. The van der Waals surface area contributed by atoms with Gasteiger partial charge in [-0.2, -0.15) is 0 Å². The highest BCUT2D eigenvalue weighted by Gasteiger charge is 2.12. The Bertz CT molecular complexity index is 394. The first-order chi connectivity index (χ1) is 8.81. The highest BCUT2D eigenvalue weighted by atomic mass is 16.5. The molecular weight excluding hydrogens is 238 g/mol. The molecule has 108 valence electrons. The Balaban J connectivity index is 2.76. The van der Waals surface area contributed by atoms with Gasteiger partial charge >= 0.3 is 0 Å². The van der Waals surface area contributed by atoms with Crippen LogP contribution in [-0.4, -0.2) is 19.8 Å². The largest absolute Gasteiger partial charge is 0.497 e. The van der Waals surface area contributed by atoms with Crippen molar-refractivity contribution in [2.75, 3.05) is 13.7 Å². The Hall–Kier alpha value is -1.22. The fraction of sp³-hybridized carbons (Fsp3) is 0.625.